The highest BCUT2D eigenvalue weighted by Crippen LogP contribution is 2.16. The molecule has 0 unspecified atom stereocenters. The summed E-state index contributed by atoms with van der Waals surface area (Å²) in [5, 5.41) is 0. The molecule has 2 aromatic rings. The summed E-state index contributed by atoms with van der Waals surface area (Å²) in [6, 6.07) is 16.6. The molecule has 0 aromatic heterocycles. The van der Waals surface area contributed by atoms with Crippen LogP contribution in [-0.4, -0.2) is 18.4 Å². The summed E-state index contributed by atoms with van der Waals surface area (Å²) in [6.45, 7) is 3.62. The fourth-order valence-corrected chi connectivity index (χ4v) is 2.09. The van der Waals surface area contributed by atoms with Crippen molar-refractivity contribution in [1.29, 1.82) is 0 Å². The van der Waals surface area contributed by atoms with Gasteiger partial charge in [-0.05, 0) is 12.0 Å². The molecule has 0 amide bonds. The highest BCUT2D eigenvalue weighted by Gasteiger charge is 2.11. The van der Waals surface area contributed by atoms with Gasteiger partial charge in [-0.15, -0.1) is 0 Å². The Morgan fingerprint density at radius 3 is 2.43 bits per heavy atom. The van der Waals surface area contributed by atoms with Gasteiger partial charge in [-0.25, -0.2) is 4.79 Å². The molecule has 0 bridgehead atoms. The van der Waals surface area contributed by atoms with E-state index in [1.165, 1.54) is 0 Å². The van der Waals surface area contributed by atoms with Gasteiger partial charge in [0.05, 0.1) is 6.61 Å². The van der Waals surface area contributed by atoms with Crippen LogP contribution in [0.2, 0.25) is 0 Å². The van der Waals surface area contributed by atoms with E-state index in [4.69, 9.17) is 4.74 Å². The van der Waals surface area contributed by atoms with Crippen LogP contribution in [0.1, 0.15) is 27.9 Å². The summed E-state index contributed by atoms with van der Waals surface area (Å²) < 4.78 is 4.90. The standard InChI is InChI=1S/C20H18O3/c1-2-19(21)23-15-9-8-11-16-10-6-7-14-18(16)20(22)17-12-4-3-5-13-17/h2-8,10-14H,1,9,15H2. The Morgan fingerprint density at radius 2 is 1.70 bits per heavy atom. The molecule has 0 radical (unpaired) electrons. The number of benzene rings is 2. The molecule has 0 aliphatic rings. The van der Waals surface area contributed by atoms with Crippen LogP contribution in [0.3, 0.4) is 0 Å². The van der Waals surface area contributed by atoms with E-state index < -0.39 is 5.97 Å². The minimum Gasteiger partial charge on any atom is -0.462 e. The molecule has 0 spiro atoms. The smallest absolute Gasteiger partial charge is 0.330 e. The van der Waals surface area contributed by atoms with Crippen LogP contribution >= 0.6 is 0 Å². The predicted molar refractivity (Wildman–Crippen MR) is 91.1 cm³/mol. The lowest BCUT2D eigenvalue weighted by molar-refractivity contribution is -0.137. The molecule has 116 valence electrons. The van der Waals surface area contributed by atoms with Crippen LogP contribution < -0.4 is 0 Å². The van der Waals surface area contributed by atoms with Crippen molar-refractivity contribution >= 4 is 17.8 Å². The third-order valence-corrected chi connectivity index (χ3v) is 3.23. The van der Waals surface area contributed by atoms with Crippen molar-refractivity contribution in [3.8, 4) is 0 Å². The van der Waals surface area contributed by atoms with E-state index in [-0.39, 0.29) is 12.4 Å². The quantitative estimate of drug-likeness (QED) is 0.335. The van der Waals surface area contributed by atoms with Crippen molar-refractivity contribution in [1.82, 2.24) is 0 Å². The van der Waals surface area contributed by atoms with Crippen molar-refractivity contribution < 1.29 is 14.3 Å². The summed E-state index contributed by atoms with van der Waals surface area (Å²) in [6.07, 6.45) is 5.47. The van der Waals surface area contributed by atoms with E-state index in [9.17, 15) is 9.59 Å². The molecule has 2 aromatic carbocycles. The van der Waals surface area contributed by atoms with Crippen molar-refractivity contribution in [2.75, 3.05) is 6.61 Å². The summed E-state index contributed by atoms with van der Waals surface area (Å²) in [4.78, 5) is 23.5. The molecule has 0 fully saturated rings. The van der Waals surface area contributed by atoms with Gasteiger partial charge < -0.3 is 4.74 Å². The van der Waals surface area contributed by atoms with Crippen molar-refractivity contribution in [2.24, 2.45) is 0 Å². The molecule has 3 heteroatoms. The topological polar surface area (TPSA) is 43.4 Å². The number of esters is 1. The second kappa shape index (κ2) is 8.49. The first-order valence-corrected chi connectivity index (χ1v) is 7.37. The van der Waals surface area contributed by atoms with Gasteiger partial charge in [-0.2, -0.15) is 0 Å². The number of hydrogen-bond donors (Lipinski definition) is 0. The Morgan fingerprint density at radius 1 is 1.00 bits per heavy atom. The van der Waals surface area contributed by atoms with Gasteiger partial charge in [0.15, 0.2) is 5.78 Å². The maximum Gasteiger partial charge on any atom is 0.330 e. The molecule has 0 N–H and O–H groups in total. The highest BCUT2D eigenvalue weighted by molar-refractivity contribution is 6.11. The predicted octanol–water partition coefficient (Wildman–Crippen LogP) is 4.05. The van der Waals surface area contributed by atoms with Gasteiger partial charge in [0, 0.05) is 17.2 Å². The Bertz CT molecular complexity index is 715. The maximum atomic E-state index is 12.6. The van der Waals surface area contributed by atoms with Crippen LogP contribution in [0, 0.1) is 0 Å². The Labute approximate surface area is 135 Å². The zero-order valence-electron chi connectivity index (χ0n) is 12.8. The van der Waals surface area contributed by atoms with Crippen molar-refractivity contribution in [2.45, 2.75) is 6.42 Å². The molecule has 2 rings (SSSR count). The second-order valence-electron chi connectivity index (χ2n) is 4.85. The number of carbonyl (C=O) groups is 2. The van der Waals surface area contributed by atoms with Crippen LogP contribution in [0.4, 0.5) is 0 Å². The lowest BCUT2D eigenvalue weighted by Crippen LogP contribution is -2.03. The molecule has 0 atom stereocenters. The lowest BCUT2D eigenvalue weighted by Gasteiger charge is -2.05. The summed E-state index contributed by atoms with van der Waals surface area (Å²) in [7, 11) is 0. The zero-order valence-corrected chi connectivity index (χ0v) is 12.8. The molecular weight excluding hydrogens is 288 g/mol. The summed E-state index contributed by atoms with van der Waals surface area (Å²) >= 11 is 0. The largest absolute Gasteiger partial charge is 0.462 e. The molecule has 0 aliphatic carbocycles. The van der Waals surface area contributed by atoms with E-state index in [0.717, 1.165) is 11.6 Å². The molecule has 0 saturated heterocycles. The minimum atomic E-state index is -0.432. The first-order chi connectivity index (χ1) is 11.2. The van der Waals surface area contributed by atoms with Crippen molar-refractivity contribution in [3.63, 3.8) is 0 Å². The lowest BCUT2D eigenvalue weighted by atomic mass is 9.98. The number of ketones is 1. The number of rotatable bonds is 7. The number of carbonyl (C=O) groups excluding carboxylic acids is 2. The molecule has 3 nitrogen and oxygen atoms in total. The minimum absolute atomic E-state index is 0.0102. The van der Waals surface area contributed by atoms with Gasteiger partial charge in [0.25, 0.3) is 0 Å². The average Bonchev–Trinajstić information content (AvgIpc) is 2.61. The summed E-state index contributed by atoms with van der Waals surface area (Å²) in [5.41, 5.74) is 2.16. The highest BCUT2D eigenvalue weighted by atomic mass is 16.5. The Balaban J connectivity index is 2.07. The molecule has 23 heavy (non-hydrogen) atoms. The fourth-order valence-electron chi connectivity index (χ4n) is 2.09. The summed E-state index contributed by atoms with van der Waals surface area (Å²) in [5.74, 6) is -0.443. The monoisotopic (exact) mass is 306 g/mol. The maximum absolute atomic E-state index is 12.6. The van der Waals surface area contributed by atoms with E-state index in [0.29, 0.717) is 17.5 Å². The number of ether oxygens (including phenoxy) is 1. The number of hydrogen-bond acceptors (Lipinski definition) is 3. The van der Waals surface area contributed by atoms with Crippen LogP contribution in [0.25, 0.3) is 6.08 Å². The van der Waals surface area contributed by atoms with Gasteiger partial charge in [-0.3, -0.25) is 4.79 Å². The van der Waals surface area contributed by atoms with Gasteiger partial charge in [0.1, 0.15) is 0 Å². The molecule has 0 saturated carbocycles. The second-order valence-corrected chi connectivity index (χ2v) is 4.85. The van der Waals surface area contributed by atoms with Gasteiger partial charge in [0.2, 0.25) is 0 Å². The average molecular weight is 306 g/mol. The third kappa shape index (κ3) is 4.78. The molecule has 0 aliphatic heterocycles. The van der Waals surface area contributed by atoms with Crippen LogP contribution in [-0.2, 0) is 9.53 Å². The normalized spacial score (nSPS) is 10.4. The SMILES string of the molecule is C=CC(=O)OCCC=Cc1ccccc1C(=O)c1ccccc1. The Kier molecular flexibility index (Phi) is 6.07. The van der Waals surface area contributed by atoms with Gasteiger partial charge >= 0.3 is 5.97 Å². The molecular formula is C20H18O3. The molecule has 0 heterocycles. The van der Waals surface area contributed by atoms with E-state index in [1.54, 1.807) is 12.1 Å². The van der Waals surface area contributed by atoms with E-state index in [1.807, 2.05) is 54.6 Å². The Hall–Kier alpha value is -2.94. The van der Waals surface area contributed by atoms with Crippen LogP contribution in [0.5, 0.6) is 0 Å². The third-order valence-electron chi connectivity index (χ3n) is 3.23. The van der Waals surface area contributed by atoms with Gasteiger partial charge in [-0.1, -0.05) is 73.3 Å². The first kappa shape index (κ1) is 16.4. The zero-order chi connectivity index (χ0) is 16.5. The van der Waals surface area contributed by atoms with E-state index >= 15 is 0 Å². The van der Waals surface area contributed by atoms with Crippen LogP contribution in [0.15, 0.2) is 73.3 Å². The fraction of sp³-hybridized carbons (Fsp3) is 0.100. The first-order valence-electron chi connectivity index (χ1n) is 7.37. The van der Waals surface area contributed by atoms with E-state index in [2.05, 4.69) is 6.58 Å². The van der Waals surface area contributed by atoms with Crippen molar-refractivity contribution in [3.05, 3.63) is 90.0 Å².